The molecule has 2 aromatic carbocycles. The van der Waals surface area contributed by atoms with E-state index in [9.17, 15) is 18.0 Å². The van der Waals surface area contributed by atoms with Gasteiger partial charge in [0, 0.05) is 18.6 Å². The van der Waals surface area contributed by atoms with Crippen molar-refractivity contribution in [1.82, 2.24) is 10.3 Å². The lowest BCUT2D eigenvalue weighted by molar-refractivity contribution is -0.114. The molecule has 3 N–H and O–H groups in total. The number of rotatable bonds is 7. The van der Waals surface area contributed by atoms with Gasteiger partial charge in [-0.25, -0.2) is 8.42 Å². The van der Waals surface area contributed by atoms with Crippen LogP contribution in [0.15, 0.2) is 47.4 Å². The topological polar surface area (TPSA) is 123 Å². The van der Waals surface area contributed by atoms with Crippen LogP contribution < -0.4 is 25.0 Å². The molecule has 2 rings (SSSR count). The molecule has 0 aliphatic carbocycles. The largest absolute Gasteiger partial charge is 0.497 e. The van der Waals surface area contributed by atoms with Crippen LogP contribution >= 0.6 is 0 Å². The normalized spacial score (nSPS) is 10.8. The Balaban J connectivity index is 2.13. The maximum atomic E-state index is 12.4. The SMILES string of the molecule is COc1ccc(C(=O)NNS(=O)(=O)c2ccc(NC(C)=O)c(OC)c2)cc1. The van der Waals surface area contributed by atoms with Crippen LogP contribution in [0.3, 0.4) is 0 Å². The number of nitrogens with one attached hydrogen (secondary N) is 3. The molecule has 144 valence electrons. The Morgan fingerprint density at radius 3 is 2.19 bits per heavy atom. The summed E-state index contributed by atoms with van der Waals surface area (Å²) in [6, 6.07) is 10.0. The minimum Gasteiger partial charge on any atom is -0.497 e. The fourth-order valence-electron chi connectivity index (χ4n) is 2.12. The zero-order chi connectivity index (χ0) is 20.0. The molecule has 0 unspecified atom stereocenters. The molecule has 0 aliphatic rings. The number of benzene rings is 2. The molecule has 0 atom stereocenters. The molecule has 9 nitrogen and oxygen atoms in total. The molecular weight excluding hydrogens is 374 g/mol. The van der Waals surface area contributed by atoms with Crippen molar-refractivity contribution in [3.05, 3.63) is 48.0 Å². The summed E-state index contributed by atoms with van der Waals surface area (Å²) in [5.41, 5.74) is 2.70. The standard InChI is InChI=1S/C17H19N3O6S/c1-11(21)18-15-9-8-14(10-16(15)26-3)27(23,24)20-19-17(22)12-4-6-13(25-2)7-5-12/h4-10,20H,1-3H3,(H,18,21)(H,19,22). The number of carbonyl (C=O) groups is 2. The van der Waals surface area contributed by atoms with Crippen molar-refractivity contribution in [2.24, 2.45) is 0 Å². The zero-order valence-electron chi connectivity index (χ0n) is 14.9. The maximum Gasteiger partial charge on any atom is 0.266 e. The van der Waals surface area contributed by atoms with E-state index in [1.54, 1.807) is 12.1 Å². The van der Waals surface area contributed by atoms with Gasteiger partial charge in [-0.3, -0.25) is 15.0 Å². The summed E-state index contributed by atoms with van der Waals surface area (Å²) in [7, 11) is -1.22. The predicted octanol–water partition coefficient (Wildman–Crippen LogP) is 1.29. The number of methoxy groups -OCH3 is 2. The fourth-order valence-corrected chi connectivity index (χ4v) is 2.97. The Morgan fingerprint density at radius 1 is 0.963 bits per heavy atom. The van der Waals surface area contributed by atoms with E-state index in [0.29, 0.717) is 11.4 Å². The smallest absolute Gasteiger partial charge is 0.266 e. The summed E-state index contributed by atoms with van der Waals surface area (Å²) in [6.07, 6.45) is 0. The molecule has 27 heavy (non-hydrogen) atoms. The molecule has 0 fully saturated rings. The van der Waals surface area contributed by atoms with Crippen LogP contribution in [0.25, 0.3) is 0 Å². The summed E-state index contributed by atoms with van der Waals surface area (Å²) < 4.78 is 34.9. The second-order valence-electron chi connectivity index (χ2n) is 5.33. The summed E-state index contributed by atoms with van der Waals surface area (Å²) >= 11 is 0. The van der Waals surface area contributed by atoms with Crippen molar-refractivity contribution in [3.63, 3.8) is 0 Å². The van der Waals surface area contributed by atoms with Crippen LogP contribution in [-0.2, 0) is 14.8 Å². The number of carbonyl (C=O) groups excluding carboxylic acids is 2. The van der Waals surface area contributed by atoms with Gasteiger partial charge in [0.05, 0.1) is 24.8 Å². The molecule has 0 radical (unpaired) electrons. The van der Waals surface area contributed by atoms with Crippen molar-refractivity contribution in [1.29, 1.82) is 0 Å². The quantitative estimate of drug-likeness (QED) is 0.609. The first-order chi connectivity index (χ1) is 12.8. The highest BCUT2D eigenvalue weighted by Crippen LogP contribution is 2.27. The molecule has 10 heteroatoms. The van der Waals surface area contributed by atoms with Crippen molar-refractivity contribution in [3.8, 4) is 11.5 Å². The van der Waals surface area contributed by atoms with Crippen molar-refractivity contribution in [2.45, 2.75) is 11.8 Å². The van der Waals surface area contributed by atoms with Gasteiger partial charge >= 0.3 is 0 Å². The highest BCUT2D eigenvalue weighted by Gasteiger charge is 2.18. The van der Waals surface area contributed by atoms with E-state index in [1.165, 1.54) is 51.5 Å². The second kappa shape index (κ2) is 8.52. The van der Waals surface area contributed by atoms with Crippen LogP contribution in [0.2, 0.25) is 0 Å². The molecule has 0 saturated heterocycles. The van der Waals surface area contributed by atoms with Gasteiger partial charge in [-0.05, 0) is 36.4 Å². The lowest BCUT2D eigenvalue weighted by Crippen LogP contribution is -2.41. The number of amides is 2. The van der Waals surface area contributed by atoms with Crippen LogP contribution in [-0.4, -0.2) is 34.5 Å². The lowest BCUT2D eigenvalue weighted by Gasteiger charge is -2.12. The van der Waals surface area contributed by atoms with E-state index in [1.807, 2.05) is 4.83 Å². The molecule has 0 heterocycles. The highest BCUT2D eigenvalue weighted by atomic mass is 32.2. The summed E-state index contributed by atoms with van der Waals surface area (Å²) in [6.45, 7) is 1.32. The highest BCUT2D eigenvalue weighted by molar-refractivity contribution is 7.89. The third-order valence-corrected chi connectivity index (χ3v) is 4.69. The zero-order valence-corrected chi connectivity index (χ0v) is 15.7. The van der Waals surface area contributed by atoms with Crippen LogP contribution in [0.4, 0.5) is 5.69 Å². The maximum absolute atomic E-state index is 12.4. The van der Waals surface area contributed by atoms with Crippen molar-refractivity contribution in [2.75, 3.05) is 19.5 Å². The fraction of sp³-hybridized carbons (Fsp3) is 0.176. The predicted molar refractivity (Wildman–Crippen MR) is 98.1 cm³/mol. The first-order valence-electron chi connectivity index (χ1n) is 7.68. The van der Waals surface area contributed by atoms with Crippen LogP contribution in [0.1, 0.15) is 17.3 Å². The Morgan fingerprint density at radius 2 is 1.63 bits per heavy atom. The van der Waals surface area contributed by atoms with E-state index in [-0.39, 0.29) is 22.1 Å². The number of hydrogen-bond donors (Lipinski definition) is 3. The van der Waals surface area contributed by atoms with E-state index < -0.39 is 15.9 Å². The molecule has 0 aliphatic heterocycles. The molecule has 0 aromatic heterocycles. The van der Waals surface area contributed by atoms with Gasteiger partial charge in [-0.15, -0.1) is 4.83 Å². The van der Waals surface area contributed by atoms with E-state index in [4.69, 9.17) is 9.47 Å². The summed E-state index contributed by atoms with van der Waals surface area (Å²) in [4.78, 5) is 25.1. The Hall–Kier alpha value is -3.11. The number of hydrazine groups is 1. The van der Waals surface area contributed by atoms with Crippen LogP contribution in [0, 0.1) is 0 Å². The molecule has 2 amide bonds. The average Bonchev–Trinajstić information content (AvgIpc) is 2.66. The summed E-state index contributed by atoms with van der Waals surface area (Å²) in [5, 5.41) is 2.52. The molecular formula is C17H19N3O6S. The minimum atomic E-state index is -4.05. The molecule has 2 aromatic rings. The third-order valence-electron chi connectivity index (χ3n) is 3.45. The third kappa shape index (κ3) is 5.19. The van der Waals surface area contributed by atoms with Gasteiger partial charge in [0.25, 0.3) is 15.9 Å². The van der Waals surface area contributed by atoms with Gasteiger partial charge in [0.1, 0.15) is 11.5 Å². The number of anilines is 1. The second-order valence-corrected chi connectivity index (χ2v) is 7.01. The van der Waals surface area contributed by atoms with Crippen molar-refractivity contribution < 1.29 is 27.5 Å². The number of hydrogen-bond acceptors (Lipinski definition) is 6. The Kier molecular flexibility index (Phi) is 6.37. The molecule has 0 saturated carbocycles. The van der Waals surface area contributed by atoms with E-state index in [2.05, 4.69) is 10.7 Å². The van der Waals surface area contributed by atoms with Crippen LogP contribution in [0.5, 0.6) is 11.5 Å². The first-order valence-corrected chi connectivity index (χ1v) is 9.17. The van der Waals surface area contributed by atoms with Gasteiger partial charge in [0.15, 0.2) is 0 Å². The summed E-state index contributed by atoms with van der Waals surface area (Å²) in [5.74, 6) is -0.232. The molecule has 0 spiro atoms. The van der Waals surface area contributed by atoms with E-state index in [0.717, 1.165) is 0 Å². The van der Waals surface area contributed by atoms with E-state index >= 15 is 0 Å². The molecule has 0 bridgehead atoms. The van der Waals surface area contributed by atoms with Crippen molar-refractivity contribution >= 4 is 27.5 Å². The monoisotopic (exact) mass is 393 g/mol. The number of ether oxygens (including phenoxy) is 2. The number of sulfonamides is 1. The average molecular weight is 393 g/mol. The van der Waals surface area contributed by atoms with Gasteiger partial charge < -0.3 is 14.8 Å². The Labute approximate surface area is 156 Å². The Bertz CT molecular complexity index is 942. The van der Waals surface area contributed by atoms with Gasteiger partial charge in [-0.1, -0.05) is 0 Å². The lowest BCUT2D eigenvalue weighted by atomic mass is 10.2. The minimum absolute atomic E-state index is 0.150. The van der Waals surface area contributed by atoms with Gasteiger partial charge in [-0.2, -0.15) is 0 Å². The first kappa shape index (κ1) is 20.2. The van der Waals surface area contributed by atoms with Gasteiger partial charge in [0.2, 0.25) is 5.91 Å².